The Morgan fingerprint density at radius 3 is 2.23 bits per heavy atom. The number of hydrogen-bond acceptors (Lipinski definition) is 4. The van der Waals surface area contributed by atoms with Gasteiger partial charge in [-0.25, -0.2) is 4.79 Å². The third kappa shape index (κ3) is 5.13. The van der Waals surface area contributed by atoms with Crippen molar-refractivity contribution in [3.63, 3.8) is 0 Å². The van der Waals surface area contributed by atoms with Crippen LogP contribution in [0.2, 0.25) is 0 Å². The predicted molar refractivity (Wildman–Crippen MR) is 84.4 cm³/mol. The SMILES string of the molecule is CC(C)OC(=O)c1cccc(OCCOc2ccccc2)c1. The normalized spacial score (nSPS) is 10.3. The van der Waals surface area contributed by atoms with Crippen LogP contribution in [0.4, 0.5) is 0 Å². The van der Waals surface area contributed by atoms with Crippen LogP contribution in [0.15, 0.2) is 54.6 Å². The molecule has 2 aromatic rings. The molecule has 0 amide bonds. The summed E-state index contributed by atoms with van der Waals surface area (Å²) in [7, 11) is 0. The van der Waals surface area contributed by atoms with Gasteiger partial charge in [0.2, 0.25) is 0 Å². The van der Waals surface area contributed by atoms with Crippen molar-refractivity contribution in [3.8, 4) is 11.5 Å². The highest BCUT2D eigenvalue weighted by Crippen LogP contribution is 2.15. The van der Waals surface area contributed by atoms with Crippen molar-refractivity contribution in [3.05, 3.63) is 60.2 Å². The molecule has 0 heterocycles. The molecule has 0 fully saturated rings. The van der Waals surface area contributed by atoms with Gasteiger partial charge in [-0.3, -0.25) is 0 Å². The molecule has 116 valence electrons. The number of carbonyl (C=O) groups excluding carboxylic acids is 1. The Bertz CT molecular complexity index is 593. The number of carbonyl (C=O) groups is 1. The topological polar surface area (TPSA) is 44.8 Å². The molecule has 22 heavy (non-hydrogen) atoms. The molecule has 0 atom stereocenters. The smallest absolute Gasteiger partial charge is 0.338 e. The molecule has 0 bridgehead atoms. The molecule has 0 radical (unpaired) electrons. The predicted octanol–water partition coefficient (Wildman–Crippen LogP) is 3.71. The Morgan fingerprint density at radius 2 is 1.55 bits per heavy atom. The molecule has 0 saturated heterocycles. The minimum Gasteiger partial charge on any atom is -0.490 e. The quantitative estimate of drug-likeness (QED) is 0.577. The van der Waals surface area contributed by atoms with Crippen LogP contribution in [-0.4, -0.2) is 25.3 Å². The summed E-state index contributed by atoms with van der Waals surface area (Å²) < 4.78 is 16.3. The monoisotopic (exact) mass is 300 g/mol. The zero-order valence-electron chi connectivity index (χ0n) is 12.8. The fraction of sp³-hybridized carbons (Fsp3) is 0.278. The molecule has 0 aliphatic rings. The minimum absolute atomic E-state index is 0.142. The van der Waals surface area contributed by atoms with Crippen molar-refractivity contribution in [2.45, 2.75) is 20.0 Å². The summed E-state index contributed by atoms with van der Waals surface area (Å²) >= 11 is 0. The lowest BCUT2D eigenvalue weighted by molar-refractivity contribution is 0.0377. The van der Waals surface area contributed by atoms with Crippen LogP contribution in [0.3, 0.4) is 0 Å². The Labute approximate surface area is 130 Å². The number of esters is 1. The molecule has 0 aromatic heterocycles. The summed E-state index contributed by atoms with van der Waals surface area (Å²) in [5, 5.41) is 0. The van der Waals surface area contributed by atoms with E-state index in [1.54, 1.807) is 24.3 Å². The van der Waals surface area contributed by atoms with E-state index in [1.165, 1.54) is 0 Å². The van der Waals surface area contributed by atoms with Crippen molar-refractivity contribution < 1.29 is 19.0 Å². The van der Waals surface area contributed by atoms with E-state index in [0.717, 1.165) is 5.75 Å². The molecule has 0 aliphatic heterocycles. The molecule has 0 N–H and O–H groups in total. The molecular formula is C18H20O4. The Morgan fingerprint density at radius 1 is 0.909 bits per heavy atom. The van der Waals surface area contributed by atoms with Crippen molar-refractivity contribution in [1.29, 1.82) is 0 Å². The summed E-state index contributed by atoms with van der Waals surface area (Å²) in [5.74, 6) is 1.08. The number of hydrogen-bond donors (Lipinski definition) is 0. The van der Waals surface area contributed by atoms with Gasteiger partial charge in [-0.1, -0.05) is 24.3 Å². The summed E-state index contributed by atoms with van der Waals surface area (Å²) in [4.78, 5) is 11.8. The van der Waals surface area contributed by atoms with E-state index in [1.807, 2.05) is 44.2 Å². The van der Waals surface area contributed by atoms with Gasteiger partial charge in [-0.15, -0.1) is 0 Å². The maximum Gasteiger partial charge on any atom is 0.338 e. The first-order valence-electron chi connectivity index (χ1n) is 7.27. The summed E-state index contributed by atoms with van der Waals surface area (Å²) in [6.45, 7) is 4.47. The van der Waals surface area contributed by atoms with Gasteiger partial charge in [0.15, 0.2) is 0 Å². The highest BCUT2D eigenvalue weighted by molar-refractivity contribution is 5.89. The molecular weight excluding hydrogens is 280 g/mol. The van der Waals surface area contributed by atoms with E-state index in [0.29, 0.717) is 24.5 Å². The molecule has 2 rings (SSSR count). The summed E-state index contributed by atoms with van der Waals surface area (Å²) in [5.41, 5.74) is 0.482. The van der Waals surface area contributed by atoms with Crippen LogP contribution < -0.4 is 9.47 Å². The van der Waals surface area contributed by atoms with Gasteiger partial charge >= 0.3 is 5.97 Å². The highest BCUT2D eigenvalue weighted by atomic mass is 16.5. The van der Waals surface area contributed by atoms with E-state index < -0.39 is 0 Å². The first-order valence-corrected chi connectivity index (χ1v) is 7.27. The van der Waals surface area contributed by atoms with Crippen molar-refractivity contribution in [2.75, 3.05) is 13.2 Å². The van der Waals surface area contributed by atoms with Crippen LogP contribution in [0.1, 0.15) is 24.2 Å². The third-order valence-electron chi connectivity index (χ3n) is 2.78. The van der Waals surface area contributed by atoms with Crippen molar-refractivity contribution >= 4 is 5.97 Å². The molecule has 4 heteroatoms. The first-order chi connectivity index (χ1) is 10.6. The van der Waals surface area contributed by atoms with Gasteiger partial charge in [0.25, 0.3) is 0 Å². The van der Waals surface area contributed by atoms with Crippen LogP contribution in [-0.2, 0) is 4.74 Å². The lowest BCUT2D eigenvalue weighted by Gasteiger charge is -2.10. The number of para-hydroxylation sites is 1. The molecule has 2 aromatic carbocycles. The third-order valence-corrected chi connectivity index (χ3v) is 2.78. The molecule has 0 spiro atoms. The lowest BCUT2D eigenvalue weighted by Crippen LogP contribution is -2.12. The number of ether oxygens (including phenoxy) is 3. The zero-order chi connectivity index (χ0) is 15.8. The van der Waals surface area contributed by atoms with Crippen LogP contribution >= 0.6 is 0 Å². The second-order valence-electron chi connectivity index (χ2n) is 4.99. The maximum atomic E-state index is 11.8. The lowest BCUT2D eigenvalue weighted by atomic mass is 10.2. The van der Waals surface area contributed by atoms with Crippen molar-refractivity contribution in [2.24, 2.45) is 0 Å². The van der Waals surface area contributed by atoms with E-state index in [-0.39, 0.29) is 12.1 Å². The molecule has 0 unspecified atom stereocenters. The second-order valence-corrected chi connectivity index (χ2v) is 4.99. The largest absolute Gasteiger partial charge is 0.490 e. The summed E-state index contributed by atoms with van der Waals surface area (Å²) in [6, 6.07) is 16.5. The molecule has 4 nitrogen and oxygen atoms in total. The van der Waals surface area contributed by atoms with Gasteiger partial charge in [-0.05, 0) is 44.2 Å². The Balaban J connectivity index is 1.82. The molecule has 0 saturated carbocycles. The summed E-state index contributed by atoms with van der Waals surface area (Å²) in [6.07, 6.45) is -0.142. The first kappa shape index (κ1) is 15.9. The maximum absolute atomic E-state index is 11.8. The van der Waals surface area contributed by atoms with Gasteiger partial charge in [0, 0.05) is 0 Å². The van der Waals surface area contributed by atoms with Gasteiger partial charge in [0.1, 0.15) is 24.7 Å². The minimum atomic E-state index is -0.346. The fourth-order valence-corrected chi connectivity index (χ4v) is 1.83. The Hall–Kier alpha value is -2.49. The second kappa shape index (κ2) is 8.08. The van der Waals surface area contributed by atoms with Crippen LogP contribution in [0.25, 0.3) is 0 Å². The van der Waals surface area contributed by atoms with E-state index in [4.69, 9.17) is 14.2 Å². The number of benzene rings is 2. The highest BCUT2D eigenvalue weighted by Gasteiger charge is 2.09. The van der Waals surface area contributed by atoms with Crippen LogP contribution in [0.5, 0.6) is 11.5 Å². The van der Waals surface area contributed by atoms with E-state index >= 15 is 0 Å². The van der Waals surface area contributed by atoms with Crippen LogP contribution in [0, 0.1) is 0 Å². The van der Waals surface area contributed by atoms with Gasteiger partial charge in [-0.2, -0.15) is 0 Å². The average Bonchev–Trinajstić information content (AvgIpc) is 2.52. The van der Waals surface area contributed by atoms with E-state index in [9.17, 15) is 4.79 Å². The number of rotatable bonds is 7. The van der Waals surface area contributed by atoms with Crippen molar-refractivity contribution in [1.82, 2.24) is 0 Å². The fourth-order valence-electron chi connectivity index (χ4n) is 1.83. The average molecular weight is 300 g/mol. The standard InChI is InChI=1S/C18H20O4/c1-14(2)22-18(19)15-7-6-10-17(13-15)21-12-11-20-16-8-4-3-5-9-16/h3-10,13-14H,11-12H2,1-2H3. The van der Waals surface area contributed by atoms with Gasteiger partial charge < -0.3 is 14.2 Å². The zero-order valence-corrected chi connectivity index (χ0v) is 12.8. The molecule has 0 aliphatic carbocycles. The van der Waals surface area contributed by atoms with Gasteiger partial charge in [0.05, 0.1) is 11.7 Å². The Kier molecular flexibility index (Phi) is 5.83. The van der Waals surface area contributed by atoms with E-state index in [2.05, 4.69) is 0 Å².